The highest BCUT2D eigenvalue weighted by atomic mass is 16.2. The van der Waals surface area contributed by atoms with Crippen LogP contribution in [0, 0.1) is 17.8 Å². The smallest absolute Gasteiger partial charge is 0.320 e. The molecule has 4 N–H and O–H groups in total. The van der Waals surface area contributed by atoms with Crippen molar-refractivity contribution in [2.75, 3.05) is 99.1 Å². The van der Waals surface area contributed by atoms with E-state index < -0.39 is 23.8 Å². The summed E-state index contributed by atoms with van der Waals surface area (Å²) in [5.41, 5.74) is 10.0. The lowest BCUT2D eigenvalue weighted by Crippen LogP contribution is -2.51. The van der Waals surface area contributed by atoms with Gasteiger partial charge in [-0.15, -0.1) is 0 Å². The lowest BCUT2D eigenvalue weighted by atomic mass is 10.0. The minimum Gasteiger partial charge on any atom is -0.371 e. The number of carbonyl (C=O) groups is 5. The minimum absolute atomic E-state index is 0.0634. The predicted molar refractivity (Wildman–Crippen MR) is 229 cm³/mol. The van der Waals surface area contributed by atoms with Crippen molar-refractivity contribution in [2.45, 2.75) is 37.8 Å². The number of piperidine rings is 3. The van der Waals surface area contributed by atoms with Crippen LogP contribution in [0.1, 0.15) is 56.9 Å². The van der Waals surface area contributed by atoms with Crippen LogP contribution in [0.3, 0.4) is 0 Å². The molecule has 0 radical (unpaired) electrons. The molecule has 6 fully saturated rings. The van der Waals surface area contributed by atoms with E-state index in [1.807, 2.05) is 36.2 Å². The van der Waals surface area contributed by atoms with Crippen molar-refractivity contribution >= 4 is 58.4 Å². The molecule has 318 valence electrons. The molecule has 1 saturated carbocycles. The van der Waals surface area contributed by atoms with Gasteiger partial charge >= 0.3 is 6.03 Å². The molecular formula is C44H52N12O5. The Labute approximate surface area is 354 Å². The Balaban J connectivity index is 0.707. The van der Waals surface area contributed by atoms with Gasteiger partial charge in [-0.2, -0.15) is 0 Å². The van der Waals surface area contributed by atoms with Gasteiger partial charge in [-0.3, -0.25) is 29.0 Å². The summed E-state index contributed by atoms with van der Waals surface area (Å²) in [7, 11) is 1.83. The molecule has 7 heterocycles. The number of amides is 6. The third kappa shape index (κ3) is 7.17. The average molecular weight is 829 g/mol. The number of benzene rings is 2. The van der Waals surface area contributed by atoms with Crippen LogP contribution in [0.5, 0.6) is 0 Å². The fourth-order valence-electron chi connectivity index (χ4n) is 10.5. The number of nitrogens with two attached hydrogens (primary N) is 1. The van der Waals surface area contributed by atoms with Gasteiger partial charge in [-0.1, -0.05) is 6.58 Å². The Kier molecular flexibility index (Phi) is 9.80. The van der Waals surface area contributed by atoms with Crippen molar-refractivity contribution in [3.8, 4) is 0 Å². The number of hydrogen-bond acceptors (Lipinski definition) is 12. The Hall–Kier alpha value is -6.23. The number of urea groups is 1. The standard InChI is InChI=1S/C44H52N12O5/c1-26-5-12-36(41(58)47-26)56-42(59)31-11-10-29(20-32(31)43(56)60)54-24-34-33(35(34)25-54)23-51-15-17-52(18-16-51)28-8-6-27(7-9-28)48-40-38(39(45)57)46-21-37(49-40)53-13-3-4-30(22-53)55-19-14-50(2)44(55)61/h6-11,20-21,30,33-36H,1,3-5,12-19,22-25H2,2H3,(H2,45,57)(H,47,58)(H,48,49)/t30-,33?,34-,35+,36?/m1/s1. The van der Waals surface area contributed by atoms with E-state index in [-0.39, 0.29) is 23.7 Å². The molecule has 6 amide bonds. The van der Waals surface area contributed by atoms with Gasteiger partial charge in [0.2, 0.25) is 5.91 Å². The van der Waals surface area contributed by atoms with E-state index in [0.29, 0.717) is 65.6 Å². The molecule has 7 aliphatic rings. The number of primary amides is 1. The van der Waals surface area contributed by atoms with Gasteiger partial charge in [-0.25, -0.2) is 14.8 Å². The van der Waals surface area contributed by atoms with E-state index in [9.17, 15) is 24.0 Å². The number of anilines is 5. The molecular weight excluding hydrogens is 777 g/mol. The lowest BCUT2D eigenvalue weighted by molar-refractivity contribution is -0.125. The van der Waals surface area contributed by atoms with Crippen LogP contribution in [0.15, 0.2) is 60.9 Å². The Morgan fingerprint density at radius 3 is 2.30 bits per heavy atom. The summed E-state index contributed by atoms with van der Waals surface area (Å²) in [5.74, 6) is 1.01. The van der Waals surface area contributed by atoms with E-state index in [4.69, 9.17) is 10.7 Å². The Morgan fingerprint density at radius 2 is 1.59 bits per heavy atom. The summed E-state index contributed by atoms with van der Waals surface area (Å²) in [5, 5.41) is 5.99. The first kappa shape index (κ1) is 38.9. The zero-order valence-corrected chi connectivity index (χ0v) is 34.5. The molecule has 3 aromatic rings. The van der Waals surface area contributed by atoms with Crippen LogP contribution in [0.4, 0.5) is 33.5 Å². The number of fused-ring (bicyclic) bond motifs is 2. The Bertz CT molecular complexity index is 2300. The molecule has 2 unspecified atom stereocenters. The van der Waals surface area contributed by atoms with E-state index in [2.05, 4.69) is 53.9 Å². The first-order valence-corrected chi connectivity index (χ1v) is 21.5. The van der Waals surface area contributed by atoms with Crippen LogP contribution < -0.4 is 31.1 Å². The van der Waals surface area contributed by atoms with Gasteiger partial charge in [0.15, 0.2) is 11.5 Å². The van der Waals surface area contributed by atoms with Crippen molar-refractivity contribution in [3.63, 3.8) is 0 Å². The van der Waals surface area contributed by atoms with Crippen LogP contribution in [0.2, 0.25) is 0 Å². The fraction of sp³-hybridized carbons (Fsp3) is 0.477. The molecule has 17 nitrogen and oxygen atoms in total. The SMILES string of the molecule is C=C1CCC(N2C(=O)c3ccc(N4C[C@@H]5C(CN6CCN(c7ccc(Nc8nc(N9CCC[C@@H](N%10CCN(C)C%10=O)C9)cnc8C(N)=O)cc7)CC6)[C@@H]5C4)cc3C2=O)C(=O)N1. The third-order valence-corrected chi connectivity index (χ3v) is 14.0. The number of rotatable bonds is 10. The second kappa shape index (κ2) is 15.3. The number of nitrogens with one attached hydrogen (secondary N) is 2. The quantitative estimate of drug-likeness (QED) is 0.255. The van der Waals surface area contributed by atoms with Gasteiger partial charge in [-0.05, 0) is 85.9 Å². The zero-order chi connectivity index (χ0) is 42.1. The average Bonchev–Trinajstić information content (AvgIpc) is 3.50. The maximum absolute atomic E-state index is 13.4. The molecule has 0 spiro atoms. The number of nitrogens with zero attached hydrogens (tertiary/aromatic N) is 9. The molecule has 1 aromatic heterocycles. The minimum atomic E-state index is -0.811. The highest BCUT2D eigenvalue weighted by Crippen LogP contribution is 2.53. The van der Waals surface area contributed by atoms with E-state index >= 15 is 0 Å². The van der Waals surface area contributed by atoms with E-state index in [1.165, 1.54) is 0 Å². The molecule has 10 rings (SSSR count). The van der Waals surface area contributed by atoms with E-state index in [0.717, 1.165) is 100 Å². The number of piperazine rings is 1. The molecule has 2 aromatic carbocycles. The van der Waals surface area contributed by atoms with Crippen LogP contribution >= 0.6 is 0 Å². The molecule has 61 heavy (non-hydrogen) atoms. The summed E-state index contributed by atoms with van der Waals surface area (Å²) in [6, 6.07) is 13.0. The van der Waals surface area contributed by atoms with Crippen LogP contribution in [-0.4, -0.2) is 150 Å². The summed E-state index contributed by atoms with van der Waals surface area (Å²) in [4.78, 5) is 87.8. The largest absolute Gasteiger partial charge is 0.371 e. The fourth-order valence-corrected chi connectivity index (χ4v) is 10.5. The second-order valence-corrected chi connectivity index (χ2v) is 17.6. The van der Waals surface area contributed by atoms with Gasteiger partial charge in [0.05, 0.1) is 23.4 Å². The number of allylic oxidation sites excluding steroid dienone is 1. The summed E-state index contributed by atoms with van der Waals surface area (Å²) in [6.07, 6.45) is 4.38. The highest BCUT2D eigenvalue weighted by molar-refractivity contribution is 6.23. The number of imide groups is 1. The van der Waals surface area contributed by atoms with Crippen molar-refractivity contribution in [1.29, 1.82) is 0 Å². The molecule has 5 atom stereocenters. The maximum atomic E-state index is 13.4. The van der Waals surface area contributed by atoms with Gasteiger partial charge in [0.1, 0.15) is 11.9 Å². The first-order valence-electron chi connectivity index (χ1n) is 21.5. The molecule has 17 heteroatoms. The molecule has 1 aliphatic carbocycles. The van der Waals surface area contributed by atoms with Crippen molar-refractivity contribution in [2.24, 2.45) is 23.5 Å². The number of hydrogen-bond donors (Lipinski definition) is 3. The lowest BCUT2D eigenvalue weighted by Gasteiger charge is -2.37. The summed E-state index contributed by atoms with van der Waals surface area (Å²) >= 11 is 0. The van der Waals surface area contributed by atoms with Gasteiger partial charge in [0, 0.05) is 102 Å². The maximum Gasteiger partial charge on any atom is 0.320 e. The third-order valence-electron chi connectivity index (χ3n) is 14.0. The Morgan fingerprint density at radius 1 is 0.852 bits per heavy atom. The van der Waals surface area contributed by atoms with Crippen molar-refractivity contribution in [3.05, 3.63) is 77.8 Å². The second-order valence-electron chi connectivity index (χ2n) is 17.6. The van der Waals surface area contributed by atoms with Crippen LogP contribution in [0.25, 0.3) is 0 Å². The zero-order valence-electron chi connectivity index (χ0n) is 34.5. The first-order chi connectivity index (χ1) is 29.5. The van der Waals surface area contributed by atoms with Crippen molar-refractivity contribution in [1.82, 2.24) is 34.9 Å². The molecule has 6 aliphatic heterocycles. The number of carbonyl (C=O) groups excluding carboxylic acids is 5. The highest BCUT2D eigenvalue weighted by Gasteiger charge is 2.56. The summed E-state index contributed by atoms with van der Waals surface area (Å²) < 4.78 is 0. The summed E-state index contributed by atoms with van der Waals surface area (Å²) in [6.45, 7) is 13.4. The van der Waals surface area contributed by atoms with E-state index in [1.54, 1.807) is 17.2 Å². The topological polar surface area (TPSA) is 184 Å². The normalized spacial score (nSPS) is 26.6. The van der Waals surface area contributed by atoms with Crippen molar-refractivity contribution < 1.29 is 24.0 Å². The predicted octanol–water partition coefficient (Wildman–Crippen LogP) is 2.55. The molecule has 5 saturated heterocycles. The van der Waals surface area contributed by atoms with Gasteiger partial charge in [0.25, 0.3) is 17.7 Å². The van der Waals surface area contributed by atoms with Gasteiger partial charge < -0.3 is 40.9 Å². The number of aromatic nitrogens is 2. The van der Waals surface area contributed by atoms with Crippen LogP contribution in [-0.2, 0) is 4.79 Å². The molecule has 0 bridgehead atoms. The monoisotopic (exact) mass is 828 g/mol. The number of likely N-dealkylation sites (N-methyl/N-ethyl adjacent to an activating group) is 1.